The van der Waals surface area contributed by atoms with Crippen molar-refractivity contribution in [1.29, 1.82) is 0 Å². The summed E-state index contributed by atoms with van der Waals surface area (Å²) in [5.74, 6) is 0. The molecule has 0 rings (SSSR count). The molecule has 6 heteroatoms. The van der Waals surface area contributed by atoms with Crippen molar-refractivity contribution in [3.05, 3.63) is 0 Å². The molecule has 27 heavy (non-hydrogen) atoms. The van der Waals surface area contributed by atoms with E-state index in [1.807, 2.05) is 0 Å². The Bertz CT molecular complexity index is 401. The normalized spacial score (nSPS) is 13.9. The Morgan fingerprint density at radius 2 is 1.07 bits per heavy atom. The largest absolute Gasteiger partial charge is 1.00 e. The van der Waals surface area contributed by atoms with Crippen molar-refractivity contribution >= 4 is 10.1 Å². The molecule has 0 bridgehead atoms. The van der Waals surface area contributed by atoms with E-state index in [1.54, 1.807) is 0 Å². The first-order valence-corrected chi connectivity index (χ1v) is 12.5. The summed E-state index contributed by atoms with van der Waals surface area (Å²) in [5, 5.41) is 9.12. The monoisotopic (exact) mass is 430 g/mol. The van der Waals surface area contributed by atoms with E-state index in [-0.39, 0.29) is 57.8 Å². The maximum atomic E-state index is 11.5. The predicted molar refractivity (Wildman–Crippen MR) is 109 cm³/mol. The molecular formula is C21H43KO4S. The maximum absolute atomic E-state index is 11.5. The topological polar surface area (TPSA) is 77.4 Å². The average molecular weight is 431 g/mol. The summed E-state index contributed by atoms with van der Waals surface area (Å²) in [4.78, 5) is 0. The molecule has 0 aliphatic heterocycles. The first-order valence-electron chi connectivity index (χ1n) is 11.0. The minimum atomic E-state index is -4.32. The van der Waals surface area contributed by atoms with Gasteiger partial charge in [-0.15, -0.1) is 0 Å². The van der Waals surface area contributed by atoms with E-state index in [0.29, 0.717) is 12.8 Å². The van der Waals surface area contributed by atoms with Crippen molar-refractivity contribution in [2.45, 2.75) is 134 Å². The fourth-order valence-electron chi connectivity index (χ4n) is 3.47. The fourth-order valence-corrected chi connectivity index (χ4v) is 4.38. The van der Waals surface area contributed by atoms with Gasteiger partial charge in [-0.25, -0.2) is 8.42 Å². The van der Waals surface area contributed by atoms with Crippen molar-refractivity contribution in [2.75, 3.05) is 0 Å². The van der Waals surface area contributed by atoms with Crippen LogP contribution in [-0.4, -0.2) is 29.4 Å². The average Bonchev–Trinajstić information content (AvgIpc) is 2.58. The van der Waals surface area contributed by atoms with Crippen LogP contribution in [0.4, 0.5) is 0 Å². The molecule has 1 N–H and O–H groups in total. The predicted octanol–water partition coefficient (Wildman–Crippen LogP) is 2.94. The molecule has 4 nitrogen and oxygen atoms in total. The summed E-state index contributed by atoms with van der Waals surface area (Å²) >= 11 is 0. The number of rotatable bonds is 19. The maximum Gasteiger partial charge on any atom is 1.00 e. The number of unbranched alkanes of at least 4 members (excludes halogenated alkanes) is 12. The molecule has 0 saturated heterocycles. The van der Waals surface area contributed by atoms with Crippen LogP contribution in [0.1, 0.15) is 123 Å². The van der Waals surface area contributed by atoms with E-state index >= 15 is 0 Å². The summed E-state index contributed by atoms with van der Waals surface area (Å²) in [6.07, 6.45) is 16.5. The molecule has 0 heterocycles. The summed E-state index contributed by atoms with van der Waals surface area (Å²) in [6.45, 7) is 4.35. The van der Waals surface area contributed by atoms with Crippen LogP contribution in [0.15, 0.2) is 0 Å². The molecule has 0 aliphatic carbocycles. The standard InChI is InChI=1S/C21H44O4S.K/c1-3-5-7-9-10-11-12-13-14-16-18-21(26(23,24)25)19-20(22)17-15-8-6-4-2;/h20-22H,3-19H2,1-2H3,(H,23,24,25);/q;+1/p-1. The Balaban J connectivity index is 0. The number of aliphatic hydroxyl groups excluding tert-OH is 1. The van der Waals surface area contributed by atoms with Gasteiger partial charge in [0.1, 0.15) is 0 Å². The number of hydrogen-bond acceptors (Lipinski definition) is 4. The zero-order valence-electron chi connectivity index (χ0n) is 18.3. The third-order valence-corrected chi connectivity index (χ3v) is 6.46. The van der Waals surface area contributed by atoms with Crippen LogP contribution in [0, 0.1) is 0 Å². The fraction of sp³-hybridized carbons (Fsp3) is 1.00. The second-order valence-corrected chi connectivity index (χ2v) is 9.48. The van der Waals surface area contributed by atoms with Gasteiger partial charge in [0.05, 0.1) is 21.5 Å². The third-order valence-electron chi connectivity index (χ3n) is 5.21. The van der Waals surface area contributed by atoms with Gasteiger partial charge in [-0.1, -0.05) is 104 Å². The van der Waals surface area contributed by atoms with Crippen molar-refractivity contribution in [1.82, 2.24) is 0 Å². The summed E-state index contributed by atoms with van der Waals surface area (Å²) in [7, 11) is -4.32. The zero-order chi connectivity index (χ0) is 19.7. The van der Waals surface area contributed by atoms with Gasteiger partial charge < -0.3 is 9.66 Å². The van der Waals surface area contributed by atoms with E-state index in [2.05, 4.69) is 13.8 Å². The van der Waals surface area contributed by atoms with E-state index in [4.69, 9.17) is 0 Å². The number of aliphatic hydroxyl groups is 1. The molecular weight excluding hydrogens is 387 g/mol. The van der Waals surface area contributed by atoms with E-state index < -0.39 is 21.5 Å². The Labute approximate surface area is 211 Å². The van der Waals surface area contributed by atoms with Crippen LogP contribution in [0.25, 0.3) is 0 Å². The molecule has 0 aromatic rings. The van der Waals surface area contributed by atoms with Gasteiger partial charge >= 0.3 is 51.4 Å². The van der Waals surface area contributed by atoms with Crippen LogP contribution in [0.3, 0.4) is 0 Å². The van der Waals surface area contributed by atoms with Crippen molar-refractivity contribution < 1.29 is 69.5 Å². The Hall–Kier alpha value is 1.51. The number of hydrogen-bond donors (Lipinski definition) is 1. The second kappa shape index (κ2) is 20.8. The summed E-state index contributed by atoms with van der Waals surface area (Å²) in [6, 6.07) is 0. The van der Waals surface area contributed by atoms with Gasteiger partial charge in [-0.05, 0) is 19.3 Å². The third kappa shape index (κ3) is 20.6. The van der Waals surface area contributed by atoms with Crippen LogP contribution < -0.4 is 51.4 Å². The molecule has 0 aromatic carbocycles. The van der Waals surface area contributed by atoms with Crippen LogP contribution in [-0.2, 0) is 10.1 Å². The Morgan fingerprint density at radius 3 is 1.52 bits per heavy atom. The second-order valence-electron chi connectivity index (χ2n) is 7.82. The van der Waals surface area contributed by atoms with Gasteiger partial charge in [0.25, 0.3) is 0 Å². The molecule has 158 valence electrons. The quantitative estimate of drug-likeness (QED) is 0.194. The van der Waals surface area contributed by atoms with Crippen molar-refractivity contribution in [3.63, 3.8) is 0 Å². The van der Waals surface area contributed by atoms with Gasteiger partial charge in [-0.2, -0.15) is 0 Å². The molecule has 0 fully saturated rings. The first kappa shape index (κ1) is 30.7. The molecule has 0 aliphatic rings. The van der Waals surface area contributed by atoms with Gasteiger partial charge in [0.15, 0.2) is 0 Å². The molecule has 0 amide bonds. The molecule has 2 unspecified atom stereocenters. The molecule has 0 spiro atoms. The minimum Gasteiger partial charge on any atom is -0.748 e. The molecule has 2 atom stereocenters. The van der Waals surface area contributed by atoms with Crippen LogP contribution in [0.5, 0.6) is 0 Å². The van der Waals surface area contributed by atoms with E-state index in [0.717, 1.165) is 44.9 Å². The van der Waals surface area contributed by atoms with Gasteiger partial charge in [0, 0.05) is 0 Å². The molecule has 0 aromatic heterocycles. The summed E-state index contributed by atoms with van der Waals surface area (Å²) in [5.41, 5.74) is 0. The molecule has 0 saturated carbocycles. The van der Waals surface area contributed by atoms with Crippen LogP contribution >= 0.6 is 0 Å². The van der Waals surface area contributed by atoms with Gasteiger partial charge in [-0.3, -0.25) is 0 Å². The van der Waals surface area contributed by atoms with Crippen molar-refractivity contribution in [2.24, 2.45) is 0 Å². The zero-order valence-corrected chi connectivity index (χ0v) is 22.2. The smallest absolute Gasteiger partial charge is 0.748 e. The van der Waals surface area contributed by atoms with Gasteiger partial charge in [0.2, 0.25) is 0 Å². The minimum absolute atomic E-state index is 0. The first-order chi connectivity index (χ1) is 12.4. The Kier molecular flexibility index (Phi) is 23.6. The Morgan fingerprint density at radius 1 is 0.704 bits per heavy atom. The SMILES string of the molecule is CCCCCCCCCCCCC(CC(O)CCCCCC)S(=O)(=O)[O-].[K+]. The van der Waals surface area contributed by atoms with Crippen molar-refractivity contribution in [3.8, 4) is 0 Å². The molecule has 0 radical (unpaired) electrons. The van der Waals surface area contributed by atoms with E-state index in [9.17, 15) is 18.1 Å². The van der Waals surface area contributed by atoms with Crippen LogP contribution in [0.2, 0.25) is 0 Å². The summed E-state index contributed by atoms with van der Waals surface area (Å²) < 4.78 is 34.4. The van der Waals surface area contributed by atoms with E-state index in [1.165, 1.54) is 44.9 Å².